The van der Waals surface area contributed by atoms with Crippen LogP contribution >= 0.6 is 0 Å². The second kappa shape index (κ2) is 4.14. The average Bonchev–Trinajstić information content (AvgIpc) is 2.96. The summed E-state index contributed by atoms with van der Waals surface area (Å²) in [5.41, 5.74) is 6.57. The van der Waals surface area contributed by atoms with E-state index in [4.69, 9.17) is 5.73 Å². The minimum atomic E-state index is -2.76. The van der Waals surface area contributed by atoms with E-state index in [1.165, 1.54) is 6.07 Å². The topological polar surface area (TPSA) is 35.2 Å². The summed E-state index contributed by atoms with van der Waals surface area (Å²) in [6.45, 7) is -2.10. The van der Waals surface area contributed by atoms with Gasteiger partial charge in [-0.15, -0.1) is 0 Å². The normalized spacial score (nSPS) is 24.3. The van der Waals surface area contributed by atoms with Crippen LogP contribution in [0, 0.1) is 5.92 Å². The third-order valence-corrected chi connectivity index (χ3v) is 2.74. The van der Waals surface area contributed by atoms with Crippen LogP contribution in [0.3, 0.4) is 0 Å². The maximum Gasteiger partial charge on any atom is 0.387 e. The van der Waals surface area contributed by atoms with Crippen molar-refractivity contribution < 1.29 is 13.5 Å². The maximum absolute atomic E-state index is 12.0. The fourth-order valence-electron chi connectivity index (χ4n) is 1.84. The molecule has 0 bridgehead atoms. The van der Waals surface area contributed by atoms with Crippen molar-refractivity contribution in [2.24, 2.45) is 11.7 Å². The molecular formula is C11H13F2NO. The quantitative estimate of drug-likeness (QED) is 0.833. The lowest BCUT2D eigenvalue weighted by Crippen LogP contribution is -2.03. The number of nitrogens with two attached hydrogens (primary N) is 1. The van der Waals surface area contributed by atoms with Crippen LogP contribution in [-0.4, -0.2) is 13.2 Å². The molecule has 82 valence electrons. The number of hydrogen-bond acceptors (Lipinski definition) is 2. The molecule has 1 aromatic rings. The molecule has 1 aromatic carbocycles. The summed E-state index contributed by atoms with van der Waals surface area (Å²) in [7, 11) is 0. The Morgan fingerprint density at radius 3 is 2.87 bits per heavy atom. The largest absolute Gasteiger partial charge is 0.435 e. The lowest BCUT2D eigenvalue weighted by molar-refractivity contribution is -0.0498. The van der Waals surface area contributed by atoms with Crippen LogP contribution in [0.5, 0.6) is 5.75 Å². The fourth-order valence-corrected chi connectivity index (χ4v) is 1.84. The highest BCUT2D eigenvalue weighted by atomic mass is 19.3. The number of hydrogen-bond donors (Lipinski definition) is 1. The smallest absolute Gasteiger partial charge is 0.387 e. The lowest BCUT2D eigenvalue weighted by Gasteiger charge is -2.06. The van der Waals surface area contributed by atoms with Crippen LogP contribution in [0.25, 0.3) is 0 Å². The zero-order valence-corrected chi connectivity index (χ0v) is 8.20. The number of halogens is 2. The van der Waals surface area contributed by atoms with Gasteiger partial charge in [-0.1, -0.05) is 12.1 Å². The van der Waals surface area contributed by atoms with Crippen molar-refractivity contribution in [2.45, 2.75) is 19.0 Å². The van der Waals surface area contributed by atoms with Crippen LogP contribution in [0.4, 0.5) is 8.78 Å². The molecule has 2 atom stereocenters. The van der Waals surface area contributed by atoms with Gasteiger partial charge in [0.25, 0.3) is 0 Å². The Kier molecular flexibility index (Phi) is 2.86. The van der Waals surface area contributed by atoms with Gasteiger partial charge in [-0.3, -0.25) is 0 Å². The summed E-state index contributed by atoms with van der Waals surface area (Å²) in [6.07, 6.45) is 1.05. The molecule has 0 aliphatic heterocycles. The van der Waals surface area contributed by atoms with Gasteiger partial charge < -0.3 is 10.5 Å². The van der Waals surface area contributed by atoms with Gasteiger partial charge in [0.15, 0.2) is 0 Å². The molecule has 0 amide bonds. The number of benzene rings is 1. The van der Waals surface area contributed by atoms with E-state index in [1.54, 1.807) is 12.1 Å². The minimum Gasteiger partial charge on any atom is -0.435 e. The molecule has 2 rings (SSSR count). The van der Waals surface area contributed by atoms with Crippen molar-refractivity contribution in [3.63, 3.8) is 0 Å². The first kappa shape index (κ1) is 10.4. The third-order valence-electron chi connectivity index (χ3n) is 2.74. The van der Waals surface area contributed by atoms with E-state index in [9.17, 15) is 8.78 Å². The minimum absolute atomic E-state index is 0.227. The molecule has 1 aliphatic rings. The Morgan fingerprint density at radius 1 is 1.47 bits per heavy atom. The first-order chi connectivity index (χ1) is 7.20. The van der Waals surface area contributed by atoms with Crippen LogP contribution in [0.1, 0.15) is 17.9 Å². The molecule has 0 aromatic heterocycles. The van der Waals surface area contributed by atoms with E-state index in [2.05, 4.69) is 4.74 Å². The van der Waals surface area contributed by atoms with Crippen LogP contribution < -0.4 is 10.5 Å². The zero-order valence-electron chi connectivity index (χ0n) is 8.20. The van der Waals surface area contributed by atoms with E-state index in [1.807, 2.05) is 6.07 Å². The van der Waals surface area contributed by atoms with Crippen LogP contribution in [-0.2, 0) is 0 Å². The number of alkyl halides is 2. The first-order valence-corrected chi connectivity index (χ1v) is 4.95. The van der Waals surface area contributed by atoms with Crippen LogP contribution in [0.2, 0.25) is 0 Å². The summed E-state index contributed by atoms with van der Waals surface area (Å²) in [5.74, 6) is 1.16. The van der Waals surface area contributed by atoms with Crippen molar-refractivity contribution in [3.05, 3.63) is 29.8 Å². The highest BCUT2D eigenvalue weighted by Gasteiger charge is 2.36. The van der Waals surface area contributed by atoms with Gasteiger partial charge in [-0.05, 0) is 42.5 Å². The van der Waals surface area contributed by atoms with Crippen molar-refractivity contribution in [2.75, 3.05) is 6.54 Å². The van der Waals surface area contributed by atoms with Gasteiger partial charge in [0.1, 0.15) is 5.75 Å². The predicted molar refractivity (Wildman–Crippen MR) is 53.0 cm³/mol. The molecule has 1 saturated carbocycles. The molecule has 1 aliphatic carbocycles. The molecule has 4 heteroatoms. The Labute approximate surface area is 87.0 Å². The first-order valence-electron chi connectivity index (χ1n) is 4.95. The molecule has 2 nitrogen and oxygen atoms in total. The van der Waals surface area contributed by atoms with Gasteiger partial charge in [-0.25, -0.2) is 0 Å². The standard InChI is InChI=1S/C11H13F2NO/c12-11(13)15-9-3-1-2-7(4-9)10-5-8(10)6-14/h1-4,8,10-11H,5-6,14H2/t8-,10-/m0/s1. The molecular weight excluding hydrogens is 200 g/mol. The van der Waals surface area contributed by atoms with E-state index < -0.39 is 6.61 Å². The number of ether oxygens (including phenoxy) is 1. The summed E-state index contributed by atoms with van der Waals surface area (Å²) in [6, 6.07) is 6.87. The van der Waals surface area contributed by atoms with E-state index >= 15 is 0 Å². The highest BCUT2D eigenvalue weighted by molar-refractivity contribution is 5.34. The number of rotatable bonds is 4. The molecule has 0 saturated heterocycles. The van der Waals surface area contributed by atoms with Gasteiger partial charge in [0, 0.05) is 0 Å². The Balaban J connectivity index is 2.06. The Bertz CT molecular complexity index is 343. The molecule has 0 unspecified atom stereocenters. The molecule has 0 radical (unpaired) electrons. The van der Waals surface area contributed by atoms with Gasteiger partial charge >= 0.3 is 6.61 Å². The summed E-state index contributed by atoms with van der Waals surface area (Å²) >= 11 is 0. The van der Waals surface area contributed by atoms with E-state index in [0.717, 1.165) is 12.0 Å². The predicted octanol–water partition coefficient (Wildman–Crippen LogP) is 2.35. The summed E-state index contributed by atoms with van der Waals surface area (Å²) in [4.78, 5) is 0. The maximum atomic E-state index is 12.0. The van der Waals surface area contributed by atoms with Crippen molar-refractivity contribution in [3.8, 4) is 5.75 Å². The monoisotopic (exact) mass is 213 g/mol. The Hall–Kier alpha value is -1.16. The van der Waals surface area contributed by atoms with E-state index in [-0.39, 0.29) is 5.75 Å². The van der Waals surface area contributed by atoms with Gasteiger partial charge in [-0.2, -0.15) is 8.78 Å². The van der Waals surface area contributed by atoms with Crippen molar-refractivity contribution in [1.29, 1.82) is 0 Å². The summed E-state index contributed by atoms with van der Waals surface area (Å²) < 4.78 is 28.3. The van der Waals surface area contributed by atoms with Crippen molar-refractivity contribution >= 4 is 0 Å². The second-order valence-electron chi connectivity index (χ2n) is 3.79. The lowest BCUT2D eigenvalue weighted by atomic mass is 10.1. The van der Waals surface area contributed by atoms with Crippen LogP contribution in [0.15, 0.2) is 24.3 Å². The highest BCUT2D eigenvalue weighted by Crippen LogP contribution is 2.47. The van der Waals surface area contributed by atoms with Gasteiger partial charge in [0.05, 0.1) is 0 Å². The SMILES string of the molecule is NC[C@@H]1C[C@H]1c1cccc(OC(F)F)c1. The molecule has 0 spiro atoms. The second-order valence-corrected chi connectivity index (χ2v) is 3.79. The Morgan fingerprint density at radius 2 is 2.27 bits per heavy atom. The molecule has 15 heavy (non-hydrogen) atoms. The average molecular weight is 213 g/mol. The zero-order chi connectivity index (χ0) is 10.8. The van der Waals surface area contributed by atoms with Crippen molar-refractivity contribution in [1.82, 2.24) is 0 Å². The molecule has 0 heterocycles. The fraction of sp³-hybridized carbons (Fsp3) is 0.455. The van der Waals surface area contributed by atoms with E-state index in [0.29, 0.717) is 18.4 Å². The summed E-state index contributed by atoms with van der Waals surface area (Å²) in [5, 5.41) is 0. The molecule has 1 fully saturated rings. The molecule has 2 N–H and O–H groups in total. The van der Waals surface area contributed by atoms with Gasteiger partial charge in [0.2, 0.25) is 0 Å². The third kappa shape index (κ3) is 2.45.